The highest BCUT2D eigenvalue weighted by Crippen LogP contribution is 2.29. The summed E-state index contributed by atoms with van der Waals surface area (Å²) in [4.78, 5) is 17.1. The van der Waals surface area contributed by atoms with Gasteiger partial charge in [0.1, 0.15) is 0 Å². The van der Waals surface area contributed by atoms with Crippen LogP contribution in [0.4, 0.5) is 5.69 Å². The van der Waals surface area contributed by atoms with E-state index in [1.165, 1.54) is 16.3 Å². The third kappa shape index (κ3) is 2.53. The summed E-state index contributed by atoms with van der Waals surface area (Å²) in [6, 6.07) is 7.73. The maximum absolute atomic E-state index is 12.9. The number of hydrazine groups is 1. The van der Waals surface area contributed by atoms with Crippen LogP contribution in [0.1, 0.15) is 16.1 Å². The van der Waals surface area contributed by atoms with Crippen molar-refractivity contribution in [2.24, 2.45) is 0 Å². The standard InChI is InChI=1S/C16H13BrClN5O/c1-21-14-3-2-11(17)6-10(14)4-5-23(21)16(24)13-7-15-19-8-12(18)9-22(15)20-13/h2-3,6-9H,4-5H2,1H3. The molecule has 0 fully saturated rings. The lowest BCUT2D eigenvalue weighted by atomic mass is 10.1. The van der Waals surface area contributed by atoms with Crippen LogP contribution in [0.2, 0.25) is 5.02 Å². The second-order valence-corrected chi connectivity index (χ2v) is 6.93. The van der Waals surface area contributed by atoms with Crippen LogP contribution < -0.4 is 5.01 Å². The van der Waals surface area contributed by atoms with Crippen LogP contribution in [-0.2, 0) is 6.42 Å². The van der Waals surface area contributed by atoms with Gasteiger partial charge in [0.2, 0.25) is 0 Å². The molecule has 3 heterocycles. The first-order valence-corrected chi connectivity index (χ1v) is 8.55. The minimum atomic E-state index is -0.160. The molecule has 0 saturated heterocycles. The first-order valence-electron chi connectivity index (χ1n) is 7.38. The third-order valence-corrected chi connectivity index (χ3v) is 4.77. The van der Waals surface area contributed by atoms with E-state index in [-0.39, 0.29) is 5.91 Å². The molecule has 0 unspecified atom stereocenters. The molecule has 0 spiro atoms. The largest absolute Gasteiger partial charge is 0.292 e. The lowest BCUT2D eigenvalue weighted by Gasteiger charge is -2.38. The number of halogens is 2. The van der Waals surface area contributed by atoms with Gasteiger partial charge < -0.3 is 0 Å². The van der Waals surface area contributed by atoms with Crippen molar-refractivity contribution in [2.75, 3.05) is 18.6 Å². The Balaban J connectivity index is 1.67. The number of carbonyl (C=O) groups excluding carboxylic acids is 1. The number of hydrogen-bond acceptors (Lipinski definition) is 4. The summed E-state index contributed by atoms with van der Waals surface area (Å²) in [6.07, 6.45) is 3.96. The molecule has 1 aliphatic heterocycles. The normalized spacial score (nSPS) is 14.1. The number of carbonyl (C=O) groups is 1. The van der Waals surface area contributed by atoms with E-state index in [1.807, 2.05) is 24.2 Å². The van der Waals surface area contributed by atoms with E-state index in [1.54, 1.807) is 17.3 Å². The van der Waals surface area contributed by atoms with Gasteiger partial charge in [-0.3, -0.25) is 9.80 Å². The van der Waals surface area contributed by atoms with E-state index in [0.29, 0.717) is 22.9 Å². The molecule has 0 atom stereocenters. The molecule has 1 amide bonds. The van der Waals surface area contributed by atoms with Crippen LogP contribution in [0.3, 0.4) is 0 Å². The van der Waals surface area contributed by atoms with Gasteiger partial charge >= 0.3 is 0 Å². The molecule has 3 aromatic rings. The Morgan fingerprint density at radius 2 is 2.17 bits per heavy atom. The molecule has 2 aromatic heterocycles. The molecule has 4 rings (SSSR count). The average molecular weight is 407 g/mol. The van der Waals surface area contributed by atoms with Gasteiger partial charge in [0.15, 0.2) is 11.3 Å². The number of benzene rings is 1. The Kier molecular flexibility index (Phi) is 3.69. The maximum Gasteiger partial charge on any atom is 0.292 e. The summed E-state index contributed by atoms with van der Waals surface area (Å²) < 4.78 is 2.56. The molecule has 122 valence electrons. The first kappa shape index (κ1) is 15.4. The lowest BCUT2D eigenvalue weighted by Crippen LogP contribution is -2.48. The van der Waals surface area contributed by atoms with Crippen molar-refractivity contribution < 1.29 is 4.79 Å². The van der Waals surface area contributed by atoms with E-state index in [4.69, 9.17) is 11.6 Å². The molecule has 6 nitrogen and oxygen atoms in total. The Labute approximate surface area is 151 Å². The minimum Gasteiger partial charge on any atom is -0.285 e. The van der Waals surface area contributed by atoms with Crippen molar-refractivity contribution in [3.05, 3.63) is 57.4 Å². The summed E-state index contributed by atoms with van der Waals surface area (Å²) in [5.74, 6) is -0.160. The Hall–Kier alpha value is -2.12. The predicted octanol–water partition coefficient (Wildman–Crippen LogP) is 3.19. The second-order valence-electron chi connectivity index (χ2n) is 5.58. The predicted molar refractivity (Wildman–Crippen MR) is 95.3 cm³/mol. The number of fused-ring (bicyclic) bond motifs is 2. The number of anilines is 1. The molecule has 0 N–H and O–H groups in total. The maximum atomic E-state index is 12.9. The number of aromatic nitrogens is 3. The van der Waals surface area contributed by atoms with Crippen LogP contribution in [0.25, 0.3) is 5.65 Å². The second kappa shape index (κ2) is 5.75. The average Bonchev–Trinajstić information content (AvgIpc) is 2.97. The molecule has 0 aliphatic carbocycles. The number of hydrogen-bond donors (Lipinski definition) is 0. The van der Waals surface area contributed by atoms with Gasteiger partial charge in [-0.15, -0.1) is 0 Å². The molecule has 0 saturated carbocycles. The third-order valence-electron chi connectivity index (χ3n) is 4.08. The van der Waals surface area contributed by atoms with Crippen LogP contribution in [0.15, 0.2) is 41.1 Å². The van der Waals surface area contributed by atoms with Gasteiger partial charge in [0.05, 0.1) is 16.9 Å². The zero-order valence-corrected chi connectivity index (χ0v) is 15.1. The lowest BCUT2D eigenvalue weighted by molar-refractivity contribution is 0.0732. The molecule has 24 heavy (non-hydrogen) atoms. The number of nitrogens with zero attached hydrogens (tertiary/aromatic N) is 5. The highest BCUT2D eigenvalue weighted by atomic mass is 79.9. The topological polar surface area (TPSA) is 53.7 Å². The van der Waals surface area contributed by atoms with Crippen molar-refractivity contribution in [2.45, 2.75) is 6.42 Å². The molecular weight excluding hydrogens is 394 g/mol. The van der Waals surface area contributed by atoms with Crippen molar-refractivity contribution >= 4 is 44.8 Å². The van der Waals surface area contributed by atoms with E-state index >= 15 is 0 Å². The first-order chi connectivity index (χ1) is 11.5. The highest BCUT2D eigenvalue weighted by molar-refractivity contribution is 9.10. The zero-order chi connectivity index (χ0) is 16.8. The van der Waals surface area contributed by atoms with Gasteiger partial charge in [-0.1, -0.05) is 27.5 Å². The van der Waals surface area contributed by atoms with E-state index in [9.17, 15) is 4.79 Å². The summed E-state index contributed by atoms with van der Waals surface area (Å²) in [7, 11) is 1.88. The van der Waals surface area contributed by atoms with Crippen molar-refractivity contribution in [1.29, 1.82) is 0 Å². The van der Waals surface area contributed by atoms with Crippen LogP contribution in [0.5, 0.6) is 0 Å². The fraction of sp³-hybridized carbons (Fsp3) is 0.188. The van der Waals surface area contributed by atoms with E-state index in [2.05, 4.69) is 32.1 Å². The van der Waals surface area contributed by atoms with E-state index in [0.717, 1.165) is 16.6 Å². The molecule has 1 aromatic carbocycles. The minimum absolute atomic E-state index is 0.160. The molecule has 0 radical (unpaired) electrons. The number of rotatable bonds is 1. The smallest absolute Gasteiger partial charge is 0.285 e. The molecule has 8 heteroatoms. The van der Waals surface area contributed by atoms with Gasteiger partial charge in [0.25, 0.3) is 5.91 Å². The van der Waals surface area contributed by atoms with Gasteiger partial charge in [-0.05, 0) is 30.2 Å². The van der Waals surface area contributed by atoms with Crippen LogP contribution >= 0.6 is 27.5 Å². The number of amides is 1. The van der Waals surface area contributed by atoms with E-state index < -0.39 is 0 Å². The van der Waals surface area contributed by atoms with Gasteiger partial charge in [-0.2, -0.15) is 5.10 Å². The fourth-order valence-electron chi connectivity index (χ4n) is 2.90. The summed E-state index contributed by atoms with van der Waals surface area (Å²) in [5.41, 5.74) is 3.16. The summed E-state index contributed by atoms with van der Waals surface area (Å²) >= 11 is 9.40. The fourth-order valence-corrected chi connectivity index (χ4v) is 3.45. The molecule has 0 bridgehead atoms. The van der Waals surface area contributed by atoms with Crippen molar-refractivity contribution in [1.82, 2.24) is 19.6 Å². The van der Waals surface area contributed by atoms with Crippen LogP contribution in [0, 0.1) is 0 Å². The summed E-state index contributed by atoms with van der Waals surface area (Å²) in [6.45, 7) is 0.598. The SMILES string of the molecule is CN1c2ccc(Br)cc2CCN1C(=O)c1cc2ncc(Cl)cn2n1. The zero-order valence-electron chi connectivity index (χ0n) is 12.8. The van der Waals surface area contributed by atoms with Gasteiger partial charge in [0, 0.05) is 30.3 Å². The Morgan fingerprint density at radius 1 is 1.33 bits per heavy atom. The molecular formula is C16H13BrClN5O. The molecule has 1 aliphatic rings. The Bertz CT molecular complexity index is 957. The summed E-state index contributed by atoms with van der Waals surface area (Å²) in [5, 5.41) is 8.34. The van der Waals surface area contributed by atoms with Gasteiger partial charge in [-0.25, -0.2) is 14.5 Å². The van der Waals surface area contributed by atoms with Crippen LogP contribution in [-0.4, -0.2) is 39.1 Å². The monoisotopic (exact) mass is 405 g/mol. The van der Waals surface area contributed by atoms with Crippen molar-refractivity contribution in [3.8, 4) is 0 Å². The highest BCUT2D eigenvalue weighted by Gasteiger charge is 2.28. The Morgan fingerprint density at radius 3 is 3.00 bits per heavy atom. The quantitative estimate of drug-likeness (QED) is 0.623. The van der Waals surface area contributed by atoms with Crippen molar-refractivity contribution in [3.63, 3.8) is 0 Å².